The van der Waals surface area contributed by atoms with Crippen molar-refractivity contribution in [2.75, 3.05) is 6.61 Å². The summed E-state index contributed by atoms with van der Waals surface area (Å²) in [6.45, 7) is 2.44. The molecule has 0 bridgehead atoms. The monoisotopic (exact) mass is 240 g/mol. The van der Waals surface area contributed by atoms with E-state index in [0.717, 1.165) is 44.4 Å². The fraction of sp³-hybridized carbons (Fsp3) is 1.00. The van der Waals surface area contributed by atoms with E-state index in [-0.39, 0.29) is 12.0 Å². The summed E-state index contributed by atoms with van der Waals surface area (Å²) in [6, 6.07) is 0. The summed E-state index contributed by atoms with van der Waals surface area (Å²) in [7, 11) is 0. The normalized spacial score (nSPS) is 37.9. The smallest absolute Gasteiger partial charge is 0.0725 e. The Morgan fingerprint density at radius 2 is 1.71 bits per heavy atom. The van der Waals surface area contributed by atoms with Gasteiger partial charge in [-0.1, -0.05) is 39.0 Å². The van der Waals surface area contributed by atoms with Crippen molar-refractivity contribution in [3.05, 3.63) is 0 Å². The molecule has 2 aliphatic rings. The van der Waals surface area contributed by atoms with Gasteiger partial charge in [0.25, 0.3) is 0 Å². The minimum absolute atomic E-state index is 0.171. The van der Waals surface area contributed by atoms with E-state index in [0.29, 0.717) is 0 Å². The largest absolute Gasteiger partial charge is 0.396 e. The quantitative estimate of drug-likeness (QED) is 0.743. The van der Waals surface area contributed by atoms with E-state index in [1.54, 1.807) is 0 Å². The first-order chi connectivity index (χ1) is 8.16. The van der Waals surface area contributed by atoms with Gasteiger partial charge < -0.3 is 10.2 Å². The van der Waals surface area contributed by atoms with Gasteiger partial charge in [0.05, 0.1) is 12.2 Å². The maximum absolute atomic E-state index is 11.1. The molecule has 0 radical (unpaired) electrons. The highest BCUT2D eigenvalue weighted by molar-refractivity contribution is 5.02. The van der Waals surface area contributed by atoms with Crippen molar-refractivity contribution < 1.29 is 10.2 Å². The van der Waals surface area contributed by atoms with Crippen LogP contribution < -0.4 is 0 Å². The molecule has 2 nitrogen and oxygen atoms in total. The third-order valence-corrected chi connectivity index (χ3v) is 5.60. The molecule has 0 aromatic rings. The van der Waals surface area contributed by atoms with Crippen LogP contribution in [0.1, 0.15) is 71.1 Å². The first kappa shape index (κ1) is 13.4. The van der Waals surface area contributed by atoms with Gasteiger partial charge in [-0.2, -0.15) is 0 Å². The van der Waals surface area contributed by atoms with Crippen LogP contribution >= 0.6 is 0 Å². The van der Waals surface area contributed by atoms with Crippen molar-refractivity contribution in [2.24, 2.45) is 11.3 Å². The number of rotatable bonds is 3. The molecule has 0 aromatic carbocycles. The highest BCUT2D eigenvalue weighted by atomic mass is 16.3. The molecule has 0 spiro atoms. The van der Waals surface area contributed by atoms with Crippen LogP contribution in [0.15, 0.2) is 0 Å². The zero-order chi connectivity index (χ0) is 12.4. The first-order valence-corrected chi connectivity index (χ1v) is 7.49. The lowest BCUT2D eigenvalue weighted by molar-refractivity contribution is -0.116. The summed E-state index contributed by atoms with van der Waals surface area (Å²) in [5.74, 6) is 0.793. The summed E-state index contributed by atoms with van der Waals surface area (Å²) in [5.41, 5.74) is -0.752. The molecule has 2 aliphatic carbocycles. The lowest BCUT2D eigenvalue weighted by Gasteiger charge is -2.44. The van der Waals surface area contributed by atoms with E-state index in [4.69, 9.17) is 0 Å². The summed E-state index contributed by atoms with van der Waals surface area (Å²) in [6.07, 6.45) is 11.0. The molecule has 2 unspecified atom stereocenters. The van der Waals surface area contributed by atoms with E-state index >= 15 is 0 Å². The van der Waals surface area contributed by atoms with Crippen LogP contribution in [0, 0.1) is 11.3 Å². The molecular formula is C15H28O2. The Labute approximate surface area is 105 Å². The lowest BCUT2D eigenvalue weighted by atomic mass is 9.67. The Morgan fingerprint density at radius 3 is 2.29 bits per heavy atom. The molecule has 2 fully saturated rings. The van der Waals surface area contributed by atoms with Gasteiger partial charge in [0.2, 0.25) is 0 Å². The van der Waals surface area contributed by atoms with Crippen molar-refractivity contribution in [2.45, 2.75) is 76.7 Å². The number of aliphatic hydroxyl groups excluding tert-OH is 1. The Morgan fingerprint density at radius 1 is 1.00 bits per heavy atom. The minimum atomic E-state index is -0.581. The van der Waals surface area contributed by atoms with E-state index in [2.05, 4.69) is 6.92 Å². The van der Waals surface area contributed by atoms with Gasteiger partial charge in [0, 0.05) is 5.41 Å². The van der Waals surface area contributed by atoms with Gasteiger partial charge in [-0.05, 0) is 38.0 Å². The van der Waals surface area contributed by atoms with Crippen molar-refractivity contribution >= 4 is 0 Å². The Kier molecular flexibility index (Phi) is 4.14. The number of hydrogen-bond acceptors (Lipinski definition) is 2. The van der Waals surface area contributed by atoms with E-state index in [1.165, 1.54) is 25.7 Å². The van der Waals surface area contributed by atoms with Crippen LogP contribution in [0.25, 0.3) is 0 Å². The maximum atomic E-state index is 11.1. The molecule has 100 valence electrons. The molecule has 0 aliphatic heterocycles. The fourth-order valence-electron chi connectivity index (χ4n) is 4.16. The van der Waals surface area contributed by atoms with Crippen LogP contribution in [0.5, 0.6) is 0 Å². The van der Waals surface area contributed by atoms with Crippen LogP contribution in [-0.4, -0.2) is 22.4 Å². The average molecular weight is 240 g/mol. The number of hydrogen-bond donors (Lipinski definition) is 2. The summed E-state index contributed by atoms with van der Waals surface area (Å²) >= 11 is 0. The Balaban J connectivity index is 2.11. The molecular weight excluding hydrogens is 212 g/mol. The highest BCUT2D eigenvalue weighted by Crippen LogP contribution is 2.52. The van der Waals surface area contributed by atoms with Crippen molar-refractivity contribution in [3.8, 4) is 0 Å². The predicted molar refractivity (Wildman–Crippen MR) is 69.8 cm³/mol. The molecule has 0 heterocycles. The predicted octanol–water partition coefficient (Wildman–Crippen LogP) is 3.26. The van der Waals surface area contributed by atoms with Gasteiger partial charge in [0.1, 0.15) is 0 Å². The Hall–Kier alpha value is -0.0800. The second kappa shape index (κ2) is 5.27. The molecule has 2 rings (SSSR count). The molecule has 0 amide bonds. The third-order valence-electron chi connectivity index (χ3n) is 5.60. The molecule has 17 heavy (non-hydrogen) atoms. The zero-order valence-corrected chi connectivity index (χ0v) is 11.2. The van der Waals surface area contributed by atoms with Crippen molar-refractivity contribution in [3.63, 3.8) is 0 Å². The molecule has 2 saturated carbocycles. The van der Waals surface area contributed by atoms with Crippen LogP contribution in [0.4, 0.5) is 0 Å². The summed E-state index contributed by atoms with van der Waals surface area (Å²) in [4.78, 5) is 0. The molecule has 0 aromatic heterocycles. The van der Waals surface area contributed by atoms with Gasteiger partial charge in [-0.25, -0.2) is 0 Å². The van der Waals surface area contributed by atoms with Gasteiger partial charge in [-0.3, -0.25) is 0 Å². The Bertz CT molecular complexity index is 245. The van der Waals surface area contributed by atoms with Gasteiger partial charge in [-0.15, -0.1) is 0 Å². The molecule has 2 heteroatoms. The lowest BCUT2D eigenvalue weighted by Crippen LogP contribution is -2.49. The van der Waals surface area contributed by atoms with E-state index < -0.39 is 5.60 Å². The third kappa shape index (κ3) is 2.39. The van der Waals surface area contributed by atoms with Crippen LogP contribution in [-0.2, 0) is 0 Å². The molecule has 0 saturated heterocycles. The summed E-state index contributed by atoms with van der Waals surface area (Å²) in [5, 5.41) is 20.8. The maximum Gasteiger partial charge on any atom is 0.0725 e. The highest BCUT2D eigenvalue weighted by Gasteiger charge is 2.51. The average Bonchev–Trinajstić information content (AvgIpc) is 2.76. The number of aliphatic hydroxyl groups is 2. The van der Waals surface area contributed by atoms with Gasteiger partial charge >= 0.3 is 0 Å². The molecule has 2 N–H and O–H groups in total. The summed E-state index contributed by atoms with van der Waals surface area (Å²) < 4.78 is 0. The first-order valence-electron chi connectivity index (χ1n) is 7.49. The van der Waals surface area contributed by atoms with Crippen molar-refractivity contribution in [1.82, 2.24) is 0 Å². The standard InChI is InChI=1S/C15H28O2/c1-2-13-6-5-10-15(17,11-7-13)14(12-16)8-3-4-9-14/h13,16-17H,2-12H2,1H3. The second-order valence-corrected chi connectivity index (χ2v) is 6.38. The SMILES string of the molecule is CCC1CCCC(O)(C2(CO)CCCC2)CC1. The molecule has 2 atom stereocenters. The fourth-order valence-corrected chi connectivity index (χ4v) is 4.16. The zero-order valence-electron chi connectivity index (χ0n) is 11.2. The van der Waals surface area contributed by atoms with Crippen LogP contribution in [0.2, 0.25) is 0 Å². The van der Waals surface area contributed by atoms with E-state index in [1.807, 2.05) is 0 Å². The van der Waals surface area contributed by atoms with E-state index in [9.17, 15) is 10.2 Å². The van der Waals surface area contributed by atoms with Crippen LogP contribution in [0.3, 0.4) is 0 Å². The van der Waals surface area contributed by atoms with Gasteiger partial charge in [0.15, 0.2) is 0 Å². The second-order valence-electron chi connectivity index (χ2n) is 6.38. The minimum Gasteiger partial charge on any atom is -0.396 e. The van der Waals surface area contributed by atoms with Crippen molar-refractivity contribution in [1.29, 1.82) is 0 Å². The topological polar surface area (TPSA) is 40.5 Å².